The average Bonchev–Trinajstić information content (AvgIpc) is 2.14. The summed E-state index contributed by atoms with van der Waals surface area (Å²) in [6.07, 6.45) is 0. The van der Waals surface area contributed by atoms with E-state index in [1.807, 2.05) is 0 Å². The van der Waals surface area contributed by atoms with E-state index in [0.29, 0.717) is 18.2 Å². The Bertz CT molecular complexity index is 624. The first-order valence-electron chi connectivity index (χ1n) is 3.82. The van der Waals surface area contributed by atoms with Crippen molar-refractivity contribution in [3.05, 3.63) is 23.8 Å². The summed E-state index contributed by atoms with van der Waals surface area (Å²) in [7, 11) is -9.46. The summed E-state index contributed by atoms with van der Waals surface area (Å²) in [5, 5.41) is -1.14. The van der Waals surface area contributed by atoms with Gasteiger partial charge in [0.1, 0.15) is 0 Å². The molecule has 0 radical (unpaired) electrons. The van der Waals surface area contributed by atoms with E-state index >= 15 is 0 Å². The topological polar surface area (TPSA) is 126 Å². The van der Waals surface area contributed by atoms with Gasteiger partial charge in [-0.2, -0.15) is 16.8 Å². The van der Waals surface area contributed by atoms with Crippen LogP contribution in [0.2, 0.25) is 0 Å². The molecule has 0 heterocycles. The van der Waals surface area contributed by atoms with Crippen LogP contribution in [0.1, 0.15) is 10.4 Å². The molecule has 1 rings (SSSR count). The Morgan fingerprint density at radius 1 is 0.941 bits per heavy atom. The zero-order valence-electron chi connectivity index (χ0n) is 7.86. The lowest BCUT2D eigenvalue weighted by atomic mass is 10.2. The molecule has 0 amide bonds. The standard InChI is InChI=1S/C7H5ClO7S2/c8-7(9)4-1-5(16(10,11)12)3-6(2-4)17(13,14)15/h1-3H,(H,10,11,12)(H,13,14,15). The van der Waals surface area contributed by atoms with E-state index in [0.717, 1.165) is 0 Å². The predicted octanol–water partition coefficient (Wildman–Crippen LogP) is 0.559. The number of carbonyl (C=O) groups excluding carboxylic acids is 1. The van der Waals surface area contributed by atoms with E-state index in [1.54, 1.807) is 0 Å². The van der Waals surface area contributed by atoms with Crippen molar-refractivity contribution in [2.75, 3.05) is 0 Å². The Morgan fingerprint density at radius 2 is 1.29 bits per heavy atom. The second kappa shape index (κ2) is 4.35. The zero-order valence-corrected chi connectivity index (χ0v) is 10.3. The van der Waals surface area contributed by atoms with Crippen molar-refractivity contribution in [1.82, 2.24) is 0 Å². The Hall–Kier alpha value is -1.00. The summed E-state index contributed by atoms with van der Waals surface area (Å²) < 4.78 is 60.7. The minimum atomic E-state index is -4.73. The molecular formula is C7H5ClO7S2. The normalized spacial score (nSPS) is 12.4. The highest BCUT2D eigenvalue weighted by molar-refractivity contribution is 7.86. The van der Waals surface area contributed by atoms with Crippen molar-refractivity contribution >= 4 is 37.1 Å². The fraction of sp³-hybridized carbons (Fsp3) is 0. The van der Waals surface area contributed by atoms with Crippen LogP contribution in [0.3, 0.4) is 0 Å². The quantitative estimate of drug-likeness (QED) is 0.617. The van der Waals surface area contributed by atoms with Crippen molar-refractivity contribution in [2.24, 2.45) is 0 Å². The van der Waals surface area contributed by atoms with Gasteiger partial charge >= 0.3 is 0 Å². The third-order valence-corrected chi connectivity index (χ3v) is 3.58. The van der Waals surface area contributed by atoms with Gasteiger partial charge in [0.15, 0.2) is 0 Å². The van der Waals surface area contributed by atoms with Gasteiger partial charge in [-0.15, -0.1) is 0 Å². The van der Waals surface area contributed by atoms with Gasteiger partial charge in [-0.1, -0.05) is 0 Å². The fourth-order valence-electron chi connectivity index (χ4n) is 0.983. The Morgan fingerprint density at radius 3 is 1.53 bits per heavy atom. The highest BCUT2D eigenvalue weighted by Gasteiger charge is 2.19. The number of hydrogen-bond acceptors (Lipinski definition) is 5. The first kappa shape index (κ1) is 14.1. The highest BCUT2D eigenvalue weighted by atomic mass is 35.5. The molecule has 0 fully saturated rings. The lowest BCUT2D eigenvalue weighted by Gasteiger charge is -2.03. The molecule has 7 nitrogen and oxygen atoms in total. The summed E-state index contributed by atoms with van der Waals surface area (Å²) in [5.41, 5.74) is -0.491. The monoisotopic (exact) mass is 300 g/mol. The molecule has 0 atom stereocenters. The first-order valence-corrected chi connectivity index (χ1v) is 7.07. The summed E-state index contributed by atoms with van der Waals surface area (Å²) in [4.78, 5) is 9.09. The number of halogens is 1. The van der Waals surface area contributed by atoms with Crippen LogP contribution >= 0.6 is 11.6 Å². The summed E-state index contributed by atoms with van der Waals surface area (Å²) >= 11 is 5.06. The molecule has 1 aromatic rings. The lowest BCUT2D eigenvalue weighted by molar-refractivity contribution is 0.108. The Kier molecular flexibility index (Phi) is 3.60. The molecule has 1 aromatic carbocycles. The molecule has 0 saturated carbocycles. The third kappa shape index (κ3) is 3.48. The largest absolute Gasteiger partial charge is 0.294 e. The lowest BCUT2D eigenvalue weighted by Crippen LogP contribution is -2.06. The molecule has 94 valence electrons. The van der Waals surface area contributed by atoms with Crippen LogP contribution in [0.15, 0.2) is 28.0 Å². The zero-order chi connectivity index (χ0) is 13.4. The van der Waals surface area contributed by atoms with Gasteiger partial charge in [-0.05, 0) is 29.8 Å². The van der Waals surface area contributed by atoms with Crippen LogP contribution in [0.5, 0.6) is 0 Å². The third-order valence-electron chi connectivity index (χ3n) is 1.70. The molecule has 0 saturated heterocycles. The van der Waals surface area contributed by atoms with Crippen LogP contribution < -0.4 is 0 Å². The maximum Gasteiger partial charge on any atom is 0.294 e. The molecule has 0 aliphatic rings. The SMILES string of the molecule is O=C(Cl)c1cc(S(=O)(=O)O)cc(S(=O)(=O)O)c1. The Labute approximate surface area is 102 Å². The predicted molar refractivity (Wildman–Crippen MR) is 56.3 cm³/mol. The molecule has 0 bridgehead atoms. The van der Waals surface area contributed by atoms with Crippen molar-refractivity contribution in [1.29, 1.82) is 0 Å². The minimum Gasteiger partial charge on any atom is -0.282 e. The smallest absolute Gasteiger partial charge is 0.282 e. The van der Waals surface area contributed by atoms with Crippen LogP contribution in [0.25, 0.3) is 0 Å². The molecule has 0 aliphatic carbocycles. The van der Waals surface area contributed by atoms with Gasteiger partial charge in [0.2, 0.25) is 0 Å². The average molecular weight is 301 g/mol. The van der Waals surface area contributed by atoms with Crippen molar-refractivity contribution < 1.29 is 30.7 Å². The first-order chi connectivity index (χ1) is 7.51. The molecular weight excluding hydrogens is 296 g/mol. The van der Waals surface area contributed by atoms with Gasteiger partial charge in [0.05, 0.1) is 9.79 Å². The van der Waals surface area contributed by atoms with Gasteiger partial charge in [0, 0.05) is 5.56 Å². The number of hydrogen-bond donors (Lipinski definition) is 2. The number of carbonyl (C=O) groups is 1. The maximum absolute atomic E-state index is 10.8. The van der Waals surface area contributed by atoms with E-state index in [-0.39, 0.29) is 0 Å². The Balaban J connectivity index is 3.68. The number of rotatable bonds is 3. The molecule has 10 heteroatoms. The van der Waals surface area contributed by atoms with Crippen molar-refractivity contribution in [2.45, 2.75) is 9.79 Å². The van der Waals surface area contributed by atoms with Gasteiger partial charge in [-0.25, -0.2) is 0 Å². The van der Waals surface area contributed by atoms with Crippen molar-refractivity contribution in [3.63, 3.8) is 0 Å². The molecule has 0 spiro atoms. The van der Waals surface area contributed by atoms with Crippen LogP contribution in [-0.2, 0) is 20.2 Å². The highest BCUT2D eigenvalue weighted by Crippen LogP contribution is 2.20. The number of benzene rings is 1. The van der Waals surface area contributed by atoms with Crippen LogP contribution in [0.4, 0.5) is 0 Å². The summed E-state index contributed by atoms with van der Waals surface area (Å²) in [5.74, 6) is 0. The van der Waals surface area contributed by atoms with Crippen molar-refractivity contribution in [3.8, 4) is 0 Å². The summed E-state index contributed by atoms with van der Waals surface area (Å²) in [6, 6.07) is 1.85. The van der Waals surface area contributed by atoms with E-state index in [4.69, 9.17) is 20.7 Å². The van der Waals surface area contributed by atoms with E-state index in [2.05, 4.69) is 0 Å². The van der Waals surface area contributed by atoms with E-state index in [1.165, 1.54) is 0 Å². The fourth-order valence-corrected chi connectivity index (χ4v) is 2.27. The molecule has 0 unspecified atom stereocenters. The molecule has 2 N–H and O–H groups in total. The van der Waals surface area contributed by atoms with E-state index < -0.39 is 40.8 Å². The van der Waals surface area contributed by atoms with E-state index in [9.17, 15) is 21.6 Å². The maximum atomic E-state index is 10.8. The minimum absolute atomic E-state index is 0.491. The molecule has 0 aromatic heterocycles. The second-order valence-corrected chi connectivity index (χ2v) is 6.10. The molecule has 17 heavy (non-hydrogen) atoms. The second-order valence-electron chi connectivity index (χ2n) is 2.92. The van der Waals surface area contributed by atoms with Crippen LogP contribution in [0, 0.1) is 0 Å². The van der Waals surface area contributed by atoms with Gasteiger partial charge in [0.25, 0.3) is 25.5 Å². The molecule has 0 aliphatic heterocycles. The summed E-state index contributed by atoms with van der Waals surface area (Å²) in [6.45, 7) is 0. The van der Waals surface area contributed by atoms with Crippen LogP contribution in [-0.4, -0.2) is 31.2 Å². The van der Waals surface area contributed by atoms with Gasteiger partial charge < -0.3 is 0 Å². The van der Waals surface area contributed by atoms with Gasteiger partial charge in [-0.3, -0.25) is 13.9 Å².